The van der Waals surface area contributed by atoms with Crippen molar-refractivity contribution in [1.29, 1.82) is 5.41 Å². The molecule has 0 radical (unpaired) electrons. The second-order valence-electron chi connectivity index (χ2n) is 4.96. The zero-order chi connectivity index (χ0) is 19.2. The molecule has 0 spiro atoms. The Bertz CT molecular complexity index is 603. The zero-order valence-corrected chi connectivity index (χ0v) is 14.3. The highest BCUT2D eigenvalue weighted by molar-refractivity contribution is 5.87. The van der Waals surface area contributed by atoms with Crippen molar-refractivity contribution in [3.05, 3.63) is 35.9 Å². The molecule has 0 aliphatic rings. The quantitative estimate of drug-likeness (QED) is 0.257. The fourth-order valence-electron chi connectivity index (χ4n) is 1.97. The van der Waals surface area contributed by atoms with Crippen molar-refractivity contribution in [2.45, 2.75) is 25.3 Å². The number of methoxy groups -OCH3 is 1. The Morgan fingerprint density at radius 3 is 2.64 bits per heavy atom. The molecule has 0 heterocycles. The van der Waals surface area contributed by atoms with Crippen molar-refractivity contribution in [2.24, 2.45) is 16.5 Å². The number of aromatic hydroxyl groups is 1. The smallest absolute Gasteiger partial charge is 0.328 e. The minimum atomic E-state index is -1.02. The summed E-state index contributed by atoms with van der Waals surface area (Å²) >= 11 is 0. The number of phenols is 1. The number of phenolic OH excluding ortho intramolecular Hbond substituents is 1. The van der Waals surface area contributed by atoms with Gasteiger partial charge in [0.25, 0.3) is 0 Å². The number of nitrogens with two attached hydrogens (primary N) is 2. The number of carbonyl (C=O) groups is 1. The lowest BCUT2D eigenvalue weighted by atomic mass is 10.1. The van der Waals surface area contributed by atoms with Gasteiger partial charge in [-0.15, -0.1) is 6.58 Å². The number of aliphatic carboxylic acids is 1. The lowest BCUT2D eigenvalue weighted by Gasteiger charge is -2.10. The van der Waals surface area contributed by atoms with Crippen LogP contribution in [0.3, 0.4) is 0 Å². The largest absolute Gasteiger partial charge is 0.504 e. The van der Waals surface area contributed by atoms with Crippen LogP contribution >= 0.6 is 0 Å². The van der Waals surface area contributed by atoms with E-state index in [1.165, 1.54) is 13.3 Å². The second kappa shape index (κ2) is 12.5. The van der Waals surface area contributed by atoms with Crippen LogP contribution in [0.15, 0.2) is 29.8 Å². The van der Waals surface area contributed by atoms with E-state index in [0.717, 1.165) is 11.9 Å². The number of aliphatic imine (C=N–C) groups is 1. The van der Waals surface area contributed by atoms with E-state index in [-0.39, 0.29) is 5.75 Å². The van der Waals surface area contributed by atoms with E-state index in [1.807, 2.05) is 0 Å². The van der Waals surface area contributed by atoms with Gasteiger partial charge in [-0.05, 0) is 43.5 Å². The summed E-state index contributed by atoms with van der Waals surface area (Å²) in [5.41, 5.74) is 11.1. The third-order valence-electron chi connectivity index (χ3n) is 3.12. The summed E-state index contributed by atoms with van der Waals surface area (Å²) in [5.74, 6) is -0.768. The molecule has 0 aliphatic carbocycles. The first-order valence-electron chi connectivity index (χ1n) is 7.62. The highest BCUT2D eigenvalue weighted by atomic mass is 16.5. The van der Waals surface area contributed by atoms with Crippen molar-refractivity contribution in [3.63, 3.8) is 0 Å². The van der Waals surface area contributed by atoms with E-state index >= 15 is 0 Å². The van der Waals surface area contributed by atoms with E-state index in [0.29, 0.717) is 37.1 Å². The third-order valence-corrected chi connectivity index (χ3v) is 3.12. The number of carboxylic acid groups (broad SMARTS) is 1. The van der Waals surface area contributed by atoms with Gasteiger partial charge in [0.05, 0.1) is 13.4 Å². The Balaban J connectivity index is 0.00000178. The van der Waals surface area contributed by atoms with Crippen molar-refractivity contribution in [3.8, 4) is 11.5 Å². The summed E-state index contributed by atoms with van der Waals surface area (Å²) in [5, 5.41) is 25.1. The molecule has 0 aromatic heterocycles. The molecule has 25 heavy (non-hydrogen) atoms. The van der Waals surface area contributed by atoms with Crippen molar-refractivity contribution < 1.29 is 19.7 Å². The lowest BCUT2D eigenvalue weighted by molar-refractivity contribution is -0.138. The molecule has 1 unspecified atom stereocenters. The van der Waals surface area contributed by atoms with Gasteiger partial charge >= 0.3 is 5.97 Å². The summed E-state index contributed by atoms with van der Waals surface area (Å²) in [6.45, 7) is 4.08. The molecule has 0 fully saturated rings. The molecule has 0 amide bonds. The molecule has 0 aliphatic heterocycles. The number of ether oxygens (including phenoxy) is 1. The fraction of sp³-hybridized carbons (Fsp3) is 0.353. The second-order valence-corrected chi connectivity index (χ2v) is 4.96. The SMILES string of the molecule is C=CCc1cc(C=NC(CCCN)C(=O)O)c(O)c(OC)c1.N=CN. The maximum atomic E-state index is 11.1. The standard InChI is InChI=1S/C16H22N2O4.CH4N2/c1-3-5-11-8-12(15(19)14(9-11)22-2)10-18-13(16(20)21)6-4-7-17;2-1-3/h3,8-10,13,19H,1,4-7,17H2,2H3,(H,20,21);1H,(H3,2,3). The molecule has 1 aromatic carbocycles. The monoisotopic (exact) mass is 350 g/mol. The number of hydrogen-bond donors (Lipinski definition) is 5. The van der Waals surface area contributed by atoms with Crippen LogP contribution in [0.5, 0.6) is 11.5 Å². The minimum Gasteiger partial charge on any atom is -0.504 e. The van der Waals surface area contributed by atoms with Crippen LogP contribution in [0.1, 0.15) is 24.0 Å². The van der Waals surface area contributed by atoms with Gasteiger partial charge in [-0.2, -0.15) is 0 Å². The zero-order valence-electron chi connectivity index (χ0n) is 14.3. The topological polar surface area (TPSA) is 155 Å². The van der Waals surface area contributed by atoms with Crippen LogP contribution in [-0.4, -0.2) is 48.4 Å². The van der Waals surface area contributed by atoms with E-state index < -0.39 is 12.0 Å². The summed E-state index contributed by atoms with van der Waals surface area (Å²) in [4.78, 5) is 15.2. The van der Waals surface area contributed by atoms with Crippen LogP contribution in [0.25, 0.3) is 0 Å². The molecular formula is C17H26N4O4. The van der Waals surface area contributed by atoms with Crippen LogP contribution in [-0.2, 0) is 11.2 Å². The van der Waals surface area contributed by atoms with Gasteiger partial charge in [-0.3, -0.25) is 10.4 Å². The molecule has 8 nitrogen and oxygen atoms in total. The molecule has 138 valence electrons. The average molecular weight is 350 g/mol. The molecule has 0 saturated carbocycles. The number of allylic oxidation sites excluding steroid dienone is 1. The highest BCUT2D eigenvalue weighted by Crippen LogP contribution is 2.30. The molecule has 0 bridgehead atoms. The summed E-state index contributed by atoms with van der Waals surface area (Å²) in [7, 11) is 1.45. The predicted molar refractivity (Wildman–Crippen MR) is 98.8 cm³/mol. The number of rotatable bonds is 9. The Morgan fingerprint density at radius 2 is 2.16 bits per heavy atom. The molecule has 8 heteroatoms. The Hall–Kier alpha value is -2.87. The molecule has 0 saturated heterocycles. The Morgan fingerprint density at radius 1 is 1.52 bits per heavy atom. The first-order valence-corrected chi connectivity index (χ1v) is 7.62. The van der Waals surface area contributed by atoms with Crippen molar-refractivity contribution in [1.82, 2.24) is 0 Å². The minimum absolute atomic E-state index is 0.0676. The van der Waals surface area contributed by atoms with Crippen molar-refractivity contribution in [2.75, 3.05) is 13.7 Å². The van der Waals surface area contributed by atoms with Crippen LogP contribution in [0.2, 0.25) is 0 Å². The van der Waals surface area contributed by atoms with Gasteiger partial charge in [0.15, 0.2) is 11.5 Å². The summed E-state index contributed by atoms with van der Waals surface area (Å²) in [6.07, 6.45) is 5.37. The lowest BCUT2D eigenvalue weighted by Crippen LogP contribution is -2.19. The number of nitrogens with zero attached hydrogens (tertiary/aromatic N) is 1. The maximum Gasteiger partial charge on any atom is 0.328 e. The molecule has 1 aromatic rings. The number of benzene rings is 1. The molecular weight excluding hydrogens is 324 g/mol. The fourth-order valence-corrected chi connectivity index (χ4v) is 1.97. The normalized spacial score (nSPS) is 11.3. The highest BCUT2D eigenvalue weighted by Gasteiger charge is 2.15. The summed E-state index contributed by atoms with van der Waals surface area (Å²) < 4.78 is 5.11. The molecule has 1 atom stereocenters. The van der Waals surface area contributed by atoms with Crippen molar-refractivity contribution >= 4 is 18.5 Å². The van der Waals surface area contributed by atoms with Gasteiger partial charge in [-0.25, -0.2) is 4.79 Å². The van der Waals surface area contributed by atoms with Crippen LogP contribution < -0.4 is 16.2 Å². The summed E-state index contributed by atoms with van der Waals surface area (Å²) in [6, 6.07) is 2.56. The predicted octanol–water partition coefficient (Wildman–Crippen LogP) is 1.29. The molecule has 7 N–H and O–H groups in total. The number of carboxylic acids is 1. The number of hydrogen-bond acceptors (Lipinski definition) is 6. The van der Waals surface area contributed by atoms with Crippen LogP contribution in [0, 0.1) is 5.41 Å². The Kier molecular flexibility index (Phi) is 11.1. The average Bonchev–Trinajstić information content (AvgIpc) is 2.57. The van der Waals surface area contributed by atoms with Crippen LogP contribution in [0.4, 0.5) is 0 Å². The van der Waals surface area contributed by atoms with Gasteiger partial charge in [-0.1, -0.05) is 6.08 Å². The van der Waals surface area contributed by atoms with E-state index in [2.05, 4.69) is 17.3 Å². The van der Waals surface area contributed by atoms with Gasteiger partial charge in [0.2, 0.25) is 0 Å². The van der Waals surface area contributed by atoms with Gasteiger partial charge in [0, 0.05) is 11.8 Å². The van der Waals surface area contributed by atoms with E-state index in [1.54, 1.807) is 18.2 Å². The van der Waals surface area contributed by atoms with E-state index in [4.69, 9.17) is 21.0 Å². The van der Waals surface area contributed by atoms with Gasteiger partial charge < -0.3 is 26.4 Å². The first-order chi connectivity index (χ1) is 11.9. The first kappa shape index (κ1) is 22.1. The van der Waals surface area contributed by atoms with E-state index in [9.17, 15) is 9.90 Å². The third kappa shape index (κ3) is 7.98. The Labute approximate surface area is 147 Å². The van der Waals surface area contributed by atoms with Gasteiger partial charge in [0.1, 0.15) is 6.04 Å². The number of nitrogens with one attached hydrogen (secondary N) is 1. The maximum absolute atomic E-state index is 11.1. The molecule has 1 rings (SSSR count).